The highest BCUT2D eigenvalue weighted by Crippen LogP contribution is 2.18. The van der Waals surface area contributed by atoms with E-state index in [1.807, 2.05) is 6.07 Å². The maximum Gasteiger partial charge on any atom is 0.126 e. The SMILES string of the molecule is OC(COc1cccc(F)c1)CN1CCc2ccccc2C1. The molecule has 1 unspecified atom stereocenters. The number of hydrogen-bond donors (Lipinski definition) is 1. The number of nitrogens with zero attached hydrogens (tertiary/aromatic N) is 1. The molecule has 0 saturated carbocycles. The zero-order valence-electron chi connectivity index (χ0n) is 12.4. The van der Waals surface area contributed by atoms with Crippen molar-refractivity contribution in [3.05, 3.63) is 65.5 Å². The Labute approximate surface area is 130 Å². The van der Waals surface area contributed by atoms with E-state index in [2.05, 4.69) is 23.1 Å². The molecular formula is C18H20FNO2. The van der Waals surface area contributed by atoms with E-state index in [-0.39, 0.29) is 12.4 Å². The molecule has 116 valence electrons. The molecule has 1 atom stereocenters. The summed E-state index contributed by atoms with van der Waals surface area (Å²) in [5.41, 5.74) is 2.72. The Morgan fingerprint density at radius 1 is 1.14 bits per heavy atom. The molecular weight excluding hydrogens is 281 g/mol. The molecule has 1 N–H and O–H groups in total. The molecule has 3 rings (SSSR count). The van der Waals surface area contributed by atoms with Gasteiger partial charge in [-0.3, -0.25) is 4.90 Å². The van der Waals surface area contributed by atoms with Crippen LogP contribution >= 0.6 is 0 Å². The molecule has 2 aromatic carbocycles. The fourth-order valence-electron chi connectivity index (χ4n) is 2.81. The van der Waals surface area contributed by atoms with Crippen LogP contribution in [0.25, 0.3) is 0 Å². The third-order valence-corrected chi connectivity index (χ3v) is 3.92. The van der Waals surface area contributed by atoms with Gasteiger partial charge in [0, 0.05) is 25.7 Å². The van der Waals surface area contributed by atoms with Gasteiger partial charge in [-0.05, 0) is 29.7 Å². The molecule has 0 bridgehead atoms. The van der Waals surface area contributed by atoms with Crippen molar-refractivity contribution in [1.29, 1.82) is 0 Å². The predicted molar refractivity (Wildman–Crippen MR) is 83.3 cm³/mol. The van der Waals surface area contributed by atoms with Gasteiger partial charge < -0.3 is 9.84 Å². The Morgan fingerprint density at radius 2 is 1.95 bits per heavy atom. The maximum atomic E-state index is 13.1. The van der Waals surface area contributed by atoms with Crippen molar-refractivity contribution < 1.29 is 14.2 Å². The number of hydrogen-bond acceptors (Lipinski definition) is 3. The van der Waals surface area contributed by atoms with Gasteiger partial charge in [0.2, 0.25) is 0 Å². The number of aliphatic hydroxyl groups is 1. The molecule has 2 aromatic rings. The maximum absolute atomic E-state index is 13.1. The highest BCUT2D eigenvalue weighted by atomic mass is 19.1. The van der Waals surface area contributed by atoms with E-state index in [4.69, 9.17) is 4.74 Å². The van der Waals surface area contributed by atoms with Gasteiger partial charge in [-0.2, -0.15) is 0 Å². The molecule has 1 aliphatic rings. The minimum atomic E-state index is -0.589. The summed E-state index contributed by atoms with van der Waals surface area (Å²) in [5.74, 6) is 0.114. The van der Waals surface area contributed by atoms with Crippen LogP contribution < -0.4 is 4.74 Å². The largest absolute Gasteiger partial charge is 0.491 e. The van der Waals surface area contributed by atoms with E-state index in [1.54, 1.807) is 12.1 Å². The number of ether oxygens (including phenoxy) is 1. The smallest absolute Gasteiger partial charge is 0.126 e. The average Bonchev–Trinajstić information content (AvgIpc) is 2.53. The lowest BCUT2D eigenvalue weighted by Crippen LogP contribution is -2.38. The number of benzene rings is 2. The van der Waals surface area contributed by atoms with Crippen LogP contribution in [0.3, 0.4) is 0 Å². The van der Waals surface area contributed by atoms with Gasteiger partial charge in [-0.1, -0.05) is 30.3 Å². The summed E-state index contributed by atoms with van der Waals surface area (Å²) in [6.45, 7) is 2.52. The summed E-state index contributed by atoms with van der Waals surface area (Å²) in [6.07, 6.45) is 0.418. The lowest BCUT2D eigenvalue weighted by atomic mass is 10.00. The standard InChI is InChI=1S/C18H20FNO2/c19-16-6-3-7-18(10-16)22-13-17(21)12-20-9-8-14-4-1-2-5-15(14)11-20/h1-7,10,17,21H,8-9,11-13H2. The monoisotopic (exact) mass is 301 g/mol. The van der Waals surface area contributed by atoms with Gasteiger partial charge in [-0.15, -0.1) is 0 Å². The van der Waals surface area contributed by atoms with Crippen LogP contribution in [0.1, 0.15) is 11.1 Å². The fourth-order valence-corrected chi connectivity index (χ4v) is 2.81. The van der Waals surface area contributed by atoms with Crippen molar-refractivity contribution >= 4 is 0 Å². The van der Waals surface area contributed by atoms with E-state index in [1.165, 1.54) is 23.3 Å². The normalized spacial score (nSPS) is 16.1. The fraction of sp³-hybridized carbons (Fsp3) is 0.333. The van der Waals surface area contributed by atoms with E-state index in [0.29, 0.717) is 12.3 Å². The molecule has 0 fully saturated rings. The number of rotatable bonds is 5. The molecule has 4 heteroatoms. The zero-order chi connectivity index (χ0) is 15.4. The Balaban J connectivity index is 1.49. The van der Waals surface area contributed by atoms with Crippen LogP contribution in [0.5, 0.6) is 5.75 Å². The van der Waals surface area contributed by atoms with Crippen LogP contribution in [-0.2, 0) is 13.0 Å². The van der Waals surface area contributed by atoms with Crippen molar-refractivity contribution in [2.24, 2.45) is 0 Å². The highest BCUT2D eigenvalue weighted by molar-refractivity contribution is 5.29. The zero-order valence-corrected chi connectivity index (χ0v) is 12.4. The minimum Gasteiger partial charge on any atom is -0.491 e. The summed E-state index contributed by atoms with van der Waals surface area (Å²) < 4.78 is 18.5. The molecule has 0 spiro atoms. The first-order chi connectivity index (χ1) is 10.7. The van der Waals surface area contributed by atoms with Gasteiger partial charge in [0.25, 0.3) is 0 Å². The second-order valence-electron chi connectivity index (χ2n) is 5.68. The molecule has 1 heterocycles. The van der Waals surface area contributed by atoms with Gasteiger partial charge in [0.05, 0.1) is 0 Å². The summed E-state index contributed by atoms with van der Waals surface area (Å²) in [7, 11) is 0. The third-order valence-electron chi connectivity index (χ3n) is 3.92. The minimum absolute atomic E-state index is 0.168. The Bertz CT molecular complexity index is 632. The molecule has 22 heavy (non-hydrogen) atoms. The summed E-state index contributed by atoms with van der Waals surface area (Å²) in [5, 5.41) is 10.1. The molecule has 0 aromatic heterocycles. The Morgan fingerprint density at radius 3 is 2.77 bits per heavy atom. The molecule has 3 nitrogen and oxygen atoms in total. The third kappa shape index (κ3) is 3.84. The molecule has 0 saturated heterocycles. The summed E-state index contributed by atoms with van der Waals surface area (Å²) in [6, 6.07) is 14.4. The second-order valence-corrected chi connectivity index (χ2v) is 5.68. The van der Waals surface area contributed by atoms with E-state index >= 15 is 0 Å². The van der Waals surface area contributed by atoms with Gasteiger partial charge >= 0.3 is 0 Å². The number of fused-ring (bicyclic) bond motifs is 1. The van der Waals surface area contributed by atoms with Crippen LogP contribution in [0, 0.1) is 5.82 Å². The quantitative estimate of drug-likeness (QED) is 0.921. The molecule has 0 radical (unpaired) electrons. The topological polar surface area (TPSA) is 32.7 Å². The number of β-amino-alcohol motifs (C(OH)–C–C–N with tert-alkyl or cyclic N) is 1. The van der Waals surface area contributed by atoms with Gasteiger partial charge in [0.1, 0.15) is 24.3 Å². The van der Waals surface area contributed by atoms with Gasteiger partial charge in [-0.25, -0.2) is 4.39 Å². The van der Waals surface area contributed by atoms with Crippen LogP contribution in [0.2, 0.25) is 0 Å². The van der Waals surface area contributed by atoms with Crippen molar-refractivity contribution in [2.75, 3.05) is 19.7 Å². The van der Waals surface area contributed by atoms with Crippen molar-refractivity contribution in [1.82, 2.24) is 4.90 Å². The van der Waals surface area contributed by atoms with E-state index in [0.717, 1.165) is 19.5 Å². The van der Waals surface area contributed by atoms with E-state index in [9.17, 15) is 9.50 Å². The van der Waals surface area contributed by atoms with Crippen molar-refractivity contribution in [3.8, 4) is 5.75 Å². The number of halogens is 1. The second kappa shape index (κ2) is 6.90. The van der Waals surface area contributed by atoms with Crippen LogP contribution in [0.15, 0.2) is 48.5 Å². The van der Waals surface area contributed by atoms with Crippen molar-refractivity contribution in [2.45, 2.75) is 19.1 Å². The number of aliphatic hydroxyl groups excluding tert-OH is 1. The summed E-state index contributed by atoms with van der Waals surface area (Å²) >= 11 is 0. The van der Waals surface area contributed by atoms with Crippen LogP contribution in [-0.4, -0.2) is 35.8 Å². The first-order valence-corrected chi connectivity index (χ1v) is 7.56. The molecule has 0 amide bonds. The molecule has 0 aliphatic carbocycles. The predicted octanol–water partition coefficient (Wildman–Crippen LogP) is 2.62. The summed E-state index contributed by atoms with van der Waals surface area (Å²) in [4.78, 5) is 2.22. The Hall–Kier alpha value is -1.91. The molecule has 1 aliphatic heterocycles. The van der Waals surface area contributed by atoms with Crippen LogP contribution in [0.4, 0.5) is 4.39 Å². The van der Waals surface area contributed by atoms with Crippen molar-refractivity contribution in [3.63, 3.8) is 0 Å². The van der Waals surface area contributed by atoms with E-state index < -0.39 is 6.10 Å². The Kier molecular flexibility index (Phi) is 4.71. The van der Waals surface area contributed by atoms with Gasteiger partial charge in [0.15, 0.2) is 0 Å². The first-order valence-electron chi connectivity index (χ1n) is 7.56. The first kappa shape index (κ1) is 15.0. The lowest BCUT2D eigenvalue weighted by molar-refractivity contribution is 0.0637. The lowest BCUT2D eigenvalue weighted by Gasteiger charge is -2.30. The average molecular weight is 301 g/mol. The highest BCUT2D eigenvalue weighted by Gasteiger charge is 2.18.